The van der Waals surface area contributed by atoms with Gasteiger partial charge in [0.25, 0.3) is 0 Å². The molecule has 2 rings (SSSR count). The highest BCUT2D eigenvalue weighted by Crippen LogP contribution is 2.25. The van der Waals surface area contributed by atoms with Crippen molar-refractivity contribution in [3.63, 3.8) is 0 Å². The number of hydrogen-bond donors (Lipinski definition) is 2. The lowest BCUT2D eigenvalue weighted by Crippen LogP contribution is -2.06. The van der Waals surface area contributed by atoms with Gasteiger partial charge in [0.2, 0.25) is 0 Å². The van der Waals surface area contributed by atoms with Crippen molar-refractivity contribution in [2.45, 2.75) is 12.5 Å². The second kappa shape index (κ2) is 5.69. The monoisotopic (exact) mass is 326 g/mol. The third-order valence-corrected chi connectivity index (χ3v) is 3.35. The molecule has 1 atom stereocenters. The molecule has 0 fully saturated rings. The van der Waals surface area contributed by atoms with Crippen molar-refractivity contribution in [1.29, 1.82) is 0 Å². The van der Waals surface area contributed by atoms with Crippen LogP contribution in [0.15, 0.2) is 41.0 Å². The summed E-state index contributed by atoms with van der Waals surface area (Å²) in [5.41, 5.74) is 7.31. The average Bonchev–Trinajstić information content (AvgIpc) is 2.35. The van der Waals surface area contributed by atoms with Crippen LogP contribution in [0.5, 0.6) is 0 Å². The number of halogens is 2. The number of rotatable bonds is 3. The van der Waals surface area contributed by atoms with Gasteiger partial charge in [-0.15, -0.1) is 0 Å². The molecule has 0 saturated carbocycles. The average molecular weight is 328 g/mol. The summed E-state index contributed by atoms with van der Waals surface area (Å²) in [6.45, 7) is 0. The topological polar surface area (TPSA) is 59.1 Å². The van der Waals surface area contributed by atoms with E-state index in [0.717, 1.165) is 10.0 Å². The van der Waals surface area contributed by atoms with Crippen LogP contribution in [0, 0.1) is 0 Å². The molecule has 0 aliphatic carbocycles. The molecule has 94 valence electrons. The summed E-state index contributed by atoms with van der Waals surface area (Å²) < 4.78 is 1.00. The molecule has 0 bridgehead atoms. The fraction of sp³-hybridized carbons (Fsp3) is 0.154. The maximum Gasteiger partial charge on any atom is 0.129 e. The van der Waals surface area contributed by atoms with E-state index in [1.807, 2.05) is 24.3 Å². The van der Waals surface area contributed by atoms with Gasteiger partial charge in [0.15, 0.2) is 0 Å². The van der Waals surface area contributed by atoms with Crippen LogP contribution < -0.4 is 5.73 Å². The number of aliphatic hydroxyl groups is 1. The number of pyridine rings is 1. The van der Waals surface area contributed by atoms with E-state index >= 15 is 0 Å². The molecule has 5 heteroatoms. The Kier molecular flexibility index (Phi) is 4.22. The van der Waals surface area contributed by atoms with Gasteiger partial charge in [0, 0.05) is 22.7 Å². The van der Waals surface area contributed by atoms with Crippen molar-refractivity contribution in [2.24, 2.45) is 0 Å². The Morgan fingerprint density at radius 1 is 1.33 bits per heavy atom. The van der Waals surface area contributed by atoms with E-state index in [4.69, 9.17) is 17.3 Å². The molecule has 0 amide bonds. The number of nitrogens with zero attached hydrogens (tertiary/aromatic N) is 1. The lowest BCUT2D eigenvalue weighted by Gasteiger charge is -2.13. The van der Waals surface area contributed by atoms with Crippen LogP contribution in [0.3, 0.4) is 0 Å². The molecular weight excluding hydrogens is 316 g/mol. The van der Waals surface area contributed by atoms with Gasteiger partial charge in [0.05, 0.1) is 11.1 Å². The number of aliphatic hydroxyl groups excluding tert-OH is 1. The van der Waals surface area contributed by atoms with E-state index in [1.165, 1.54) is 6.20 Å². The Bertz CT molecular complexity index is 545. The zero-order chi connectivity index (χ0) is 13.1. The smallest absolute Gasteiger partial charge is 0.129 e. The SMILES string of the molecule is Nc1ncc(Cl)cc1C(O)Cc1ccc(Br)cc1. The molecule has 1 aromatic heterocycles. The van der Waals surface area contributed by atoms with Crippen LogP contribution >= 0.6 is 27.5 Å². The van der Waals surface area contributed by atoms with Crippen LogP contribution in [-0.4, -0.2) is 10.1 Å². The molecule has 1 aromatic carbocycles. The summed E-state index contributed by atoms with van der Waals surface area (Å²) in [4.78, 5) is 3.93. The zero-order valence-electron chi connectivity index (χ0n) is 9.48. The summed E-state index contributed by atoms with van der Waals surface area (Å²) in [5.74, 6) is 0.309. The molecule has 0 spiro atoms. The molecule has 18 heavy (non-hydrogen) atoms. The highest BCUT2D eigenvalue weighted by atomic mass is 79.9. The molecule has 1 heterocycles. The van der Waals surface area contributed by atoms with Gasteiger partial charge in [-0.1, -0.05) is 39.7 Å². The normalized spacial score (nSPS) is 12.4. The number of nitrogens with two attached hydrogens (primary N) is 1. The fourth-order valence-corrected chi connectivity index (χ4v) is 2.12. The van der Waals surface area contributed by atoms with Crippen molar-refractivity contribution in [3.05, 3.63) is 57.2 Å². The van der Waals surface area contributed by atoms with E-state index in [2.05, 4.69) is 20.9 Å². The molecule has 0 aliphatic heterocycles. The van der Waals surface area contributed by atoms with Gasteiger partial charge in [-0.25, -0.2) is 4.98 Å². The molecule has 3 N–H and O–H groups in total. The van der Waals surface area contributed by atoms with Crippen molar-refractivity contribution < 1.29 is 5.11 Å². The molecular formula is C13H12BrClN2O. The maximum atomic E-state index is 10.2. The molecule has 1 unspecified atom stereocenters. The Labute approximate surface area is 119 Å². The number of benzene rings is 1. The second-order valence-electron chi connectivity index (χ2n) is 3.97. The Morgan fingerprint density at radius 3 is 2.67 bits per heavy atom. The molecule has 2 aromatic rings. The number of aromatic nitrogens is 1. The van der Waals surface area contributed by atoms with Crippen LogP contribution in [0.25, 0.3) is 0 Å². The van der Waals surface area contributed by atoms with Gasteiger partial charge in [0.1, 0.15) is 5.82 Å². The Morgan fingerprint density at radius 2 is 2.00 bits per heavy atom. The summed E-state index contributed by atoms with van der Waals surface area (Å²) in [7, 11) is 0. The van der Waals surface area contributed by atoms with Crippen LogP contribution in [0.2, 0.25) is 5.02 Å². The third-order valence-electron chi connectivity index (χ3n) is 2.62. The summed E-state index contributed by atoms with van der Waals surface area (Å²) in [6, 6.07) is 9.40. The van der Waals surface area contributed by atoms with Crippen molar-refractivity contribution >= 4 is 33.3 Å². The molecule has 0 radical (unpaired) electrons. The lowest BCUT2D eigenvalue weighted by molar-refractivity contribution is 0.179. The number of nitrogen functional groups attached to an aromatic ring is 1. The number of anilines is 1. The first-order valence-corrected chi connectivity index (χ1v) is 6.57. The molecule has 3 nitrogen and oxygen atoms in total. The quantitative estimate of drug-likeness (QED) is 0.909. The second-order valence-corrected chi connectivity index (χ2v) is 5.33. The minimum absolute atomic E-state index is 0.309. The standard InChI is InChI=1S/C13H12BrClN2O/c14-9-3-1-8(2-4-9)5-12(18)11-6-10(15)7-17-13(11)16/h1-4,6-7,12,18H,5H2,(H2,16,17). The first-order valence-electron chi connectivity index (χ1n) is 5.39. The minimum atomic E-state index is -0.711. The minimum Gasteiger partial charge on any atom is -0.388 e. The molecule has 0 saturated heterocycles. The highest BCUT2D eigenvalue weighted by molar-refractivity contribution is 9.10. The summed E-state index contributed by atoms with van der Waals surface area (Å²) in [6.07, 6.45) is 1.23. The van der Waals surface area contributed by atoms with Crippen LogP contribution in [0.4, 0.5) is 5.82 Å². The van der Waals surface area contributed by atoms with Crippen LogP contribution in [-0.2, 0) is 6.42 Å². The summed E-state index contributed by atoms with van der Waals surface area (Å²) >= 11 is 9.22. The van der Waals surface area contributed by atoms with E-state index in [0.29, 0.717) is 22.8 Å². The summed E-state index contributed by atoms with van der Waals surface area (Å²) in [5, 5.41) is 10.6. The lowest BCUT2D eigenvalue weighted by atomic mass is 10.0. The maximum absolute atomic E-state index is 10.2. The fourth-order valence-electron chi connectivity index (χ4n) is 1.69. The van der Waals surface area contributed by atoms with Gasteiger partial charge in [-0.2, -0.15) is 0 Å². The zero-order valence-corrected chi connectivity index (χ0v) is 11.8. The van der Waals surface area contributed by atoms with Gasteiger partial charge < -0.3 is 10.8 Å². The van der Waals surface area contributed by atoms with E-state index in [9.17, 15) is 5.11 Å². The first kappa shape index (κ1) is 13.3. The van der Waals surface area contributed by atoms with Crippen molar-refractivity contribution in [1.82, 2.24) is 4.98 Å². The first-order chi connectivity index (χ1) is 8.56. The largest absolute Gasteiger partial charge is 0.388 e. The van der Waals surface area contributed by atoms with E-state index in [-0.39, 0.29) is 0 Å². The number of hydrogen-bond acceptors (Lipinski definition) is 3. The highest BCUT2D eigenvalue weighted by Gasteiger charge is 2.13. The van der Waals surface area contributed by atoms with Crippen LogP contribution in [0.1, 0.15) is 17.2 Å². The van der Waals surface area contributed by atoms with Crippen molar-refractivity contribution in [3.8, 4) is 0 Å². The van der Waals surface area contributed by atoms with Crippen molar-refractivity contribution in [2.75, 3.05) is 5.73 Å². The Balaban J connectivity index is 2.18. The van der Waals surface area contributed by atoms with E-state index in [1.54, 1.807) is 6.07 Å². The van der Waals surface area contributed by atoms with E-state index < -0.39 is 6.10 Å². The third kappa shape index (κ3) is 3.22. The Hall–Kier alpha value is -1.10. The predicted octanol–water partition coefficient (Wildman–Crippen LogP) is 3.36. The van der Waals surface area contributed by atoms with Gasteiger partial charge in [-0.3, -0.25) is 0 Å². The predicted molar refractivity (Wildman–Crippen MR) is 76.5 cm³/mol. The van der Waals surface area contributed by atoms with Gasteiger partial charge in [-0.05, 0) is 23.8 Å². The van der Waals surface area contributed by atoms with Gasteiger partial charge >= 0.3 is 0 Å². The molecule has 0 aliphatic rings.